The monoisotopic (exact) mass is 279 g/mol. The second-order valence-electron chi connectivity index (χ2n) is 4.92. The normalized spacial score (nSPS) is 12.4. The number of ether oxygens (including phenoxy) is 1. The van der Waals surface area contributed by atoms with E-state index in [2.05, 4.69) is 5.32 Å². The molecule has 0 aliphatic heterocycles. The summed E-state index contributed by atoms with van der Waals surface area (Å²) in [7, 11) is 1.91. The molecule has 0 aromatic heterocycles. The molecule has 1 unspecified atom stereocenters. The lowest BCUT2D eigenvalue weighted by Crippen LogP contribution is -2.41. The van der Waals surface area contributed by atoms with Gasteiger partial charge < -0.3 is 15.8 Å². The van der Waals surface area contributed by atoms with Gasteiger partial charge >= 0.3 is 0 Å². The molecule has 5 heteroatoms. The van der Waals surface area contributed by atoms with Gasteiger partial charge in [-0.3, -0.25) is 9.69 Å². The van der Waals surface area contributed by atoms with Crippen LogP contribution in [0.15, 0.2) is 18.2 Å². The molecule has 1 atom stereocenters. The highest BCUT2D eigenvalue weighted by molar-refractivity contribution is 5.95. The van der Waals surface area contributed by atoms with Gasteiger partial charge in [-0.25, -0.2) is 0 Å². The Bertz CT molecular complexity index is 449. The molecule has 0 bridgehead atoms. The number of amides is 1. The predicted molar refractivity (Wildman–Crippen MR) is 82.8 cm³/mol. The van der Waals surface area contributed by atoms with Crippen LogP contribution in [0.2, 0.25) is 0 Å². The average Bonchev–Trinajstić information content (AvgIpc) is 2.42. The van der Waals surface area contributed by atoms with Crippen molar-refractivity contribution in [3.8, 4) is 0 Å². The Hall–Kier alpha value is -1.59. The van der Waals surface area contributed by atoms with E-state index >= 15 is 0 Å². The fourth-order valence-corrected chi connectivity index (χ4v) is 1.76. The summed E-state index contributed by atoms with van der Waals surface area (Å²) in [5.74, 6) is -0.0438. The number of carbonyl (C=O) groups excluding carboxylic acids is 1. The Balaban J connectivity index is 2.58. The molecule has 0 fully saturated rings. The number of anilines is 2. The molecular formula is C15H25N3O2. The molecule has 0 radical (unpaired) electrons. The number of hydrogen-bond donors (Lipinski definition) is 2. The summed E-state index contributed by atoms with van der Waals surface area (Å²) >= 11 is 0. The Morgan fingerprint density at radius 2 is 2.20 bits per heavy atom. The highest BCUT2D eigenvalue weighted by Crippen LogP contribution is 2.18. The van der Waals surface area contributed by atoms with E-state index in [9.17, 15) is 4.79 Å². The van der Waals surface area contributed by atoms with E-state index in [4.69, 9.17) is 10.5 Å². The number of likely N-dealkylation sites (N-methyl/N-ethyl adjacent to an activating group) is 1. The van der Waals surface area contributed by atoms with Gasteiger partial charge in [0.05, 0.1) is 12.6 Å². The number of hydrogen-bond acceptors (Lipinski definition) is 4. The molecule has 5 nitrogen and oxygen atoms in total. The van der Waals surface area contributed by atoms with Gasteiger partial charge in [-0.15, -0.1) is 0 Å². The van der Waals surface area contributed by atoms with Gasteiger partial charge in [-0.2, -0.15) is 0 Å². The minimum Gasteiger partial charge on any atom is -0.399 e. The van der Waals surface area contributed by atoms with Crippen molar-refractivity contribution in [1.82, 2.24) is 4.90 Å². The molecule has 112 valence electrons. The third kappa shape index (κ3) is 4.83. The van der Waals surface area contributed by atoms with Crippen LogP contribution >= 0.6 is 0 Å². The molecule has 0 saturated heterocycles. The zero-order valence-corrected chi connectivity index (χ0v) is 12.8. The van der Waals surface area contributed by atoms with Crippen molar-refractivity contribution in [3.63, 3.8) is 0 Å². The summed E-state index contributed by atoms with van der Waals surface area (Å²) in [4.78, 5) is 14.2. The van der Waals surface area contributed by atoms with Crippen molar-refractivity contribution in [2.75, 3.05) is 37.9 Å². The summed E-state index contributed by atoms with van der Waals surface area (Å²) in [5, 5.41) is 2.92. The van der Waals surface area contributed by atoms with Crippen molar-refractivity contribution < 1.29 is 9.53 Å². The quantitative estimate of drug-likeness (QED) is 0.590. The minimum atomic E-state index is -0.226. The number of nitrogens with zero attached hydrogens (tertiary/aromatic N) is 1. The molecular weight excluding hydrogens is 254 g/mol. The molecule has 0 heterocycles. The summed E-state index contributed by atoms with van der Waals surface area (Å²) in [6, 6.07) is 5.27. The van der Waals surface area contributed by atoms with Crippen molar-refractivity contribution in [3.05, 3.63) is 23.8 Å². The molecule has 20 heavy (non-hydrogen) atoms. The predicted octanol–water partition coefficient (Wildman–Crippen LogP) is 1.87. The van der Waals surface area contributed by atoms with Crippen LogP contribution in [0.1, 0.15) is 19.4 Å². The van der Waals surface area contributed by atoms with Gasteiger partial charge in [0.2, 0.25) is 5.91 Å². The Kier molecular flexibility index (Phi) is 6.48. The first-order valence-electron chi connectivity index (χ1n) is 6.90. The van der Waals surface area contributed by atoms with Crippen LogP contribution in [0.25, 0.3) is 0 Å². The number of carbonyl (C=O) groups is 1. The van der Waals surface area contributed by atoms with Crippen LogP contribution < -0.4 is 11.1 Å². The summed E-state index contributed by atoms with van der Waals surface area (Å²) in [6.45, 7) is 7.82. The van der Waals surface area contributed by atoms with Crippen LogP contribution in [-0.4, -0.2) is 43.7 Å². The molecule has 0 spiro atoms. The highest BCUT2D eigenvalue weighted by atomic mass is 16.5. The first-order valence-corrected chi connectivity index (χ1v) is 6.90. The topological polar surface area (TPSA) is 67.6 Å². The minimum absolute atomic E-state index is 0.0438. The zero-order valence-electron chi connectivity index (χ0n) is 12.8. The molecule has 0 aliphatic rings. The number of nitrogens with two attached hydrogens (primary N) is 1. The second-order valence-corrected chi connectivity index (χ2v) is 4.92. The lowest BCUT2D eigenvalue weighted by Gasteiger charge is -2.24. The summed E-state index contributed by atoms with van der Waals surface area (Å²) in [6.07, 6.45) is 0. The maximum Gasteiger partial charge on any atom is 0.241 e. The van der Waals surface area contributed by atoms with Crippen molar-refractivity contribution in [1.29, 1.82) is 0 Å². The molecule has 3 N–H and O–H groups in total. The first kappa shape index (κ1) is 16.5. The van der Waals surface area contributed by atoms with Gasteiger partial charge in [0.25, 0.3) is 0 Å². The fraction of sp³-hybridized carbons (Fsp3) is 0.533. The highest BCUT2D eigenvalue weighted by Gasteiger charge is 2.18. The largest absolute Gasteiger partial charge is 0.399 e. The Morgan fingerprint density at radius 1 is 1.50 bits per heavy atom. The number of nitrogens with one attached hydrogen (secondary N) is 1. The first-order chi connectivity index (χ1) is 9.45. The SMILES string of the molecule is CCOCCN(C)C(C)C(=O)Nc1cc(N)ccc1C. The maximum absolute atomic E-state index is 12.2. The van der Waals surface area contributed by atoms with E-state index in [1.54, 1.807) is 6.07 Å². The molecule has 0 saturated carbocycles. The van der Waals surface area contributed by atoms with E-state index in [0.29, 0.717) is 18.9 Å². The molecule has 1 aromatic rings. The maximum atomic E-state index is 12.2. The van der Waals surface area contributed by atoms with E-state index in [1.165, 1.54) is 0 Å². The second kappa shape index (κ2) is 7.87. The van der Waals surface area contributed by atoms with Crippen molar-refractivity contribution in [2.45, 2.75) is 26.8 Å². The van der Waals surface area contributed by atoms with Gasteiger partial charge in [0, 0.05) is 24.5 Å². The zero-order chi connectivity index (χ0) is 15.1. The Labute approximate surface area is 121 Å². The van der Waals surface area contributed by atoms with E-state index in [1.807, 2.05) is 44.9 Å². The van der Waals surface area contributed by atoms with Crippen LogP contribution in [-0.2, 0) is 9.53 Å². The van der Waals surface area contributed by atoms with Gasteiger partial charge in [-0.05, 0) is 45.5 Å². The third-order valence-corrected chi connectivity index (χ3v) is 3.35. The van der Waals surface area contributed by atoms with E-state index in [-0.39, 0.29) is 11.9 Å². The number of rotatable bonds is 7. The standard InChI is InChI=1S/C15H25N3O2/c1-5-20-9-8-18(4)12(3)15(19)17-14-10-13(16)7-6-11(14)2/h6-7,10,12H,5,8-9,16H2,1-4H3,(H,17,19). The van der Waals surface area contributed by atoms with Crippen molar-refractivity contribution in [2.24, 2.45) is 0 Å². The van der Waals surface area contributed by atoms with Crippen LogP contribution in [0.5, 0.6) is 0 Å². The third-order valence-electron chi connectivity index (χ3n) is 3.35. The van der Waals surface area contributed by atoms with E-state index < -0.39 is 0 Å². The summed E-state index contributed by atoms with van der Waals surface area (Å²) < 4.78 is 5.30. The van der Waals surface area contributed by atoms with Gasteiger partial charge in [-0.1, -0.05) is 6.07 Å². The number of aryl methyl sites for hydroxylation is 1. The molecule has 1 amide bonds. The van der Waals surface area contributed by atoms with Crippen LogP contribution in [0, 0.1) is 6.92 Å². The van der Waals surface area contributed by atoms with Gasteiger partial charge in [0.1, 0.15) is 0 Å². The molecule has 1 aromatic carbocycles. The number of nitrogen functional groups attached to an aromatic ring is 1. The Morgan fingerprint density at radius 3 is 2.85 bits per heavy atom. The lowest BCUT2D eigenvalue weighted by molar-refractivity contribution is -0.120. The van der Waals surface area contributed by atoms with E-state index in [0.717, 1.165) is 17.8 Å². The smallest absolute Gasteiger partial charge is 0.241 e. The van der Waals surface area contributed by atoms with Crippen LogP contribution in [0.3, 0.4) is 0 Å². The molecule has 1 rings (SSSR count). The van der Waals surface area contributed by atoms with Crippen LogP contribution in [0.4, 0.5) is 11.4 Å². The fourth-order valence-electron chi connectivity index (χ4n) is 1.76. The number of benzene rings is 1. The molecule has 0 aliphatic carbocycles. The lowest BCUT2D eigenvalue weighted by atomic mass is 10.1. The van der Waals surface area contributed by atoms with Gasteiger partial charge in [0.15, 0.2) is 0 Å². The average molecular weight is 279 g/mol. The van der Waals surface area contributed by atoms with Crippen molar-refractivity contribution >= 4 is 17.3 Å². The summed E-state index contributed by atoms with van der Waals surface area (Å²) in [5.41, 5.74) is 8.14.